The Balaban J connectivity index is 2.35. The minimum Gasteiger partial charge on any atom is -0.497 e. The quantitative estimate of drug-likeness (QED) is 0.772. The van der Waals surface area contributed by atoms with E-state index in [9.17, 15) is 13.7 Å². The molecule has 2 rings (SSSR count). The van der Waals surface area contributed by atoms with Gasteiger partial charge in [-0.25, -0.2) is 8.42 Å². The van der Waals surface area contributed by atoms with Crippen molar-refractivity contribution >= 4 is 27.1 Å². The molecule has 0 spiro atoms. The first-order valence-corrected chi connectivity index (χ1v) is 8.88. The highest BCUT2D eigenvalue weighted by atomic mass is 35.5. The standard InChI is InChI=1S/C17H15ClN2O4S/c1-23-13-5-8-16(17(9-13)24-2)20-11-15(10-19)25(21,22)14-6-3-12(18)4-7-14/h3-9,11,20H,1-2H3. The number of nitrogens with zero attached hydrogens (tertiary/aromatic N) is 1. The van der Waals surface area contributed by atoms with Gasteiger partial charge in [-0.2, -0.15) is 5.26 Å². The number of nitriles is 1. The molecule has 0 saturated heterocycles. The minimum atomic E-state index is -3.96. The zero-order valence-electron chi connectivity index (χ0n) is 13.5. The number of rotatable bonds is 6. The first kappa shape index (κ1) is 18.6. The van der Waals surface area contributed by atoms with E-state index < -0.39 is 14.7 Å². The topological polar surface area (TPSA) is 88.4 Å². The molecule has 2 aromatic rings. The summed E-state index contributed by atoms with van der Waals surface area (Å²) in [6.45, 7) is 0. The monoisotopic (exact) mass is 378 g/mol. The Hall–Kier alpha value is -2.69. The first-order chi connectivity index (χ1) is 11.9. The summed E-state index contributed by atoms with van der Waals surface area (Å²) in [7, 11) is -0.963. The normalized spacial score (nSPS) is 11.5. The molecule has 0 aliphatic rings. The number of ether oxygens (including phenoxy) is 2. The van der Waals surface area contributed by atoms with Gasteiger partial charge in [0.25, 0.3) is 0 Å². The second kappa shape index (κ2) is 7.92. The molecule has 6 nitrogen and oxygen atoms in total. The lowest BCUT2D eigenvalue weighted by Gasteiger charge is -2.10. The van der Waals surface area contributed by atoms with Crippen LogP contribution in [-0.4, -0.2) is 22.6 Å². The second-order valence-corrected chi connectivity index (χ2v) is 7.14. The van der Waals surface area contributed by atoms with E-state index in [1.54, 1.807) is 24.3 Å². The van der Waals surface area contributed by atoms with Crippen LogP contribution in [0.25, 0.3) is 0 Å². The van der Waals surface area contributed by atoms with Crippen LogP contribution in [0.1, 0.15) is 0 Å². The molecular formula is C17H15ClN2O4S. The predicted molar refractivity (Wildman–Crippen MR) is 95.5 cm³/mol. The van der Waals surface area contributed by atoms with Crippen LogP contribution in [0.2, 0.25) is 5.02 Å². The van der Waals surface area contributed by atoms with E-state index in [-0.39, 0.29) is 4.90 Å². The van der Waals surface area contributed by atoms with Crippen molar-refractivity contribution in [1.29, 1.82) is 5.26 Å². The van der Waals surface area contributed by atoms with Crippen LogP contribution < -0.4 is 14.8 Å². The number of anilines is 1. The fourth-order valence-electron chi connectivity index (χ4n) is 1.97. The van der Waals surface area contributed by atoms with E-state index >= 15 is 0 Å². The molecule has 0 unspecified atom stereocenters. The maximum Gasteiger partial charge on any atom is 0.218 e. The van der Waals surface area contributed by atoms with Crippen LogP contribution in [0.3, 0.4) is 0 Å². The molecule has 0 aliphatic heterocycles. The van der Waals surface area contributed by atoms with Gasteiger partial charge < -0.3 is 14.8 Å². The molecule has 0 saturated carbocycles. The molecular weight excluding hydrogens is 364 g/mol. The highest BCUT2D eigenvalue weighted by Gasteiger charge is 2.21. The molecule has 0 radical (unpaired) electrons. The predicted octanol–water partition coefficient (Wildman–Crippen LogP) is 3.61. The Labute approximate surface area is 151 Å². The van der Waals surface area contributed by atoms with Gasteiger partial charge in [0.1, 0.15) is 17.6 Å². The molecule has 0 bridgehead atoms. The molecule has 0 fully saturated rings. The smallest absolute Gasteiger partial charge is 0.218 e. The first-order valence-electron chi connectivity index (χ1n) is 7.02. The number of halogens is 1. The van der Waals surface area contributed by atoms with Gasteiger partial charge in [-0.3, -0.25) is 0 Å². The lowest BCUT2D eigenvalue weighted by atomic mass is 10.2. The van der Waals surface area contributed by atoms with Crippen LogP contribution in [0.15, 0.2) is 58.5 Å². The highest BCUT2D eigenvalue weighted by molar-refractivity contribution is 7.95. The van der Waals surface area contributed by atoms with Crippen molar-refractivity contribution in [1.82, 2.24) is 0 Å². The average Bonchev–Trinajstić information content (AvgIpc) is 2.62. The van der Waals surface area contributed by atoms with Gasteiger partial charge in [0, 0.05) is 17.3 Å². The molecule has 25 heavy (non-hydrogen) atoms. The zero-order valence-corrected chi connectivity index (χ0v) is 15.1. The lowest BCUT2D eigenvalue weighted by molar-refractivity contribution is 0.395. The van der Waals surface area contributed by atoms with Crippen LogP contribution in [-0.2, 0) is 9.84 Å². The molecule has 130 valence electrons. The van der Waals surface area contributed by atoms with Gasteiger partial charge in [-0.15, -0.1) is 0 Å². The fraction of sp³-hybridized carbons (Fsp3) is 0.118. The molecule has 1 N–H and O–H groups in total. The van der Waals surface area contributed by atoms with E-state index in [2.05, 4.69) is 5.32 Å². The van der Waals surface area contributed by atoms with E-state index in [1.807, 2.05) is 0 Å². The number of allylic oxidation sites excluding steroid dienone is 1. The van der Waals surface area contributed by atoms with Crippen molar-refractivity contribution in [3.8, 4) is 17.6 Å². The van der Waals surface area contributed by atoms with Crippen molar-refractivity contribution in [2.45, 2.75) is 4.90 Å². The summed E-state index contributed by atoms with van der Waals surface area (Å²) in [5, 5.41) is 12.4. The van der Waals surface area contributed by atoms with Gasteiger partial charge in [0.15, 0.2) is 4.91 Å². The molecule has 2 aromatic carbocycles. The molecule has 0 aliphatic carbocycles. The Bertz CT molecular complexity index is 932. The summed E-state index contributed by atoms with van der Waals surface area (Å²) >= 11 is 5.76. The van der Waals surface area contributed by atoms with Crippen molar-refractivity contribution in [2.75, 3.05) is 19.5 Å². The summed E-state index contributed by atoms with van der Waals surface area (Å²) in [5.41, 5.74) is 0.488. The summed E-state index contributed by atoms with van der Waals surface area (Å²) in [5.74, 6) is 1.03. The molecule has 0 atom stereocenters. The number of benzene rings is 2. The van der Waals surface area contributed by atoms with Crippen molar-refractivity contribution < 1.29 is 17.9 Å². The highest BCUT2D eigenvalue weighted by Crippen LogP contribution is 2.29. The largest absolute Gasteiger partial charge is 0.497 e. The van der Waals surface area contributed by atoms with E-state index in [1.165, 1.54) is 38.5 Å². The summed E-state index contributed by atoms with van der Waals surface area (Å²) < 4.78 is 35.4. The Kier molecular flexibility index (Phi) is 5.91. The number of hydrogen-bond acceptors (Lipinski definition) is 6. The van der Waals surface area contributed by atoms with Crippen LogP contribution >= 0.6 is 11.6 Å². The third-order valence-electron chi connectivity index (χ3n) is 3.29. The average molecular weight is 379 g/mol. The van der Waals surface area contributed by atoms with Gasteiger partial charge >= 0.3 is 0 Å². The Morgan fingerprint density at radius 1 is 1.16 bits per heavy atom. The number of nitrogens with one attached hydrogen (secondary N) is 1. The lowest BCUT2D eigenvalue weighted by Crippen LogP contribution is -2.06. The second-order valence-electron chi connectivity index (χ2n) is 4.79. The molecule has 8 heteroatoms. The summed E-state index contributed by atoms with van der Waals surface area (Å²) in [4.78, 5) is -0.458. The maximum atomic E-state index is 12.5. The molecule has 0 aromatic heterocycles. The van der Waals surface area contributed by atoms with Crippen LogP contribution in [0, 0.1) is 11.3 Å². The van der Waals surface area contributed by atoms with Crippen molar-refractivity contribution in [3.63, 3.8) is 0 Å². The minimum absolute atomic E-state index is 0.0202. The van der Waals surface area contributed by atoms with Gasteiger partial charge in [0.2, 0.25) is 9.84 Å². The summed E-state index contributed by atoms with van der Waals surface area (Å²) in [6, 6.07) is 12.2. The van der Waals surface area contributed by atoms with E-state index in [0.717, 1.165) is 6.20 Å². The SMILES string of the molecule is COc1ccc(NC=C(C#N)S(=O)(=O)c2ccc(Cl)cc2)c(OC)c1. The molecule has 0 heterocycles. The van der Waals surface area contributed by atoms with Crippen LogP contribution in [0.4, 0.5) is 5.69 Å². The maximum absolute atomic E-state index is 12.5. The summed E-state index contributed by atoms with van der Waals surface area (Å²) in [6.07, 6.45) is 1.12. The Morgan fingerprint density at radius 3 is 2.40 bits per heavy atom. The fourth-order valence-corrected chi connectivity index (χ4v) is 3.18. The number of hydrogen-bond donors (Lipinski definition) is 1. The van der Waals surface area contributed by atoms with Gasteiger partial charge in [-0.1, -0.05) is 11.6 Å². The number of methoxy groups -OCH3 is 2. The van der Waals surface area contributed by atoms with Gasteiger partial charge in [0.05, 0.1) is 24.8 Å². The number of sulfone groups is 1. The Morgan fingerprint density at radius 2 is 1.84 bits per heavy atom. The molecule has 0 amide bonds. The van der Waals surface area contributed by atoms with Crippen molar-refractivity contribution in [2.24, 2.45) is 0 Å². The third-order valence-corrected chi connectivity index (χ3v) is 5.22. The van der Waals surface area contributed by atoms with Crippen molar-refractivity contribution in [3.05, 3.63) is 58.6 Å². The van der Waals surface area contributed by atoms with E-state index in [0.29, 0.717) is 22.2 Å². The van der Waals surface area contributed by atoms with Crippen LogP contribution in [0.5, 0.6) is 11.5 Å². The third kappa shape index (κ3) is 4.24. The zero-order chi connectivity index (χ0) is 18.4. The van der Waals surface area contributed by atoms with Gasteiger partial charge in [-0.05, 0) is 36.4 Å². The van der Waals surface area contributed by atoms with E-state index in [4.69, 9.17) is 21.1 Å².